The van der Waals surface area contributed by atoms with Crippen LogP contribution in [0.4, 0.5) is 5.82 Å². The molecule has 194 valence electrons. The van der Waals surface area contributed by atoms with Crippen molar-refractivity contribution in [3.05, 3.63) is 31.9 Å². The summed E-state index contributed by atoms with van der Waals surface area (Å²) in [6.45, 7) is 6.99. The maximum Gasteiger partial charge on any atom is 0.303 e. The Morgan fingerprint density at radius 3 is 2.56 bits per heavy atom. The number of nitriles is 1. The fourth-order valence-corrected chi connectivity index (χ4v) is 5.62. The van der Waals surface area contributed by atoms with Gasteiger partial charge in [0.15, 0.2) is 0 Å². The number of aromatic nitrogens is 1. The molecule has 9 nitrogen and oxygen atoms in total. The van der Waals surface area contributed by atoms with E-state index in [2.05, 4.69) is 11.0 Å². The van der Waals surface area contributed by atoms with E-state index >= 15 is 0 Å². The molecule has 3 heterocycles. The fourth-order valence-electron chi connectivity index (χ4n) is 4.33. The number of amides is 1. The van der Waals surface area contributed by atoms with Crippen LogP contribution in [0.25, 0.3) is 6.08 Å². The standard InChI is InChI=1S/C25H32N4O5S2/c1-3-4-9-28-22(27-11-13-34-14-12-27)18(17(2)19(16-26)23(28)32)15-20-24(33)29(25(35)36-20)10-7-5-6-8-21(30)31/h15H,3-14H2,1-2H3,(H,30,31). The van der Waals surface area contributed by atoms with Crippen molar-refractivity contribution in [3.63, 3.8) is 0 Å². The number of anilines is 1. The Bertz CT molecular complexity index is 1150. The van der Waals surface area contributed by atoms with Crippen molar-refractivity contribution in [1.29, 1.82) is 5.26 Å². The SMILES string of the molecule is CCCCn1c(N2CCOCC2)c(C=C2SC(=S)N(CCCCCC(=O)O)C2=O)c(C)c(C#N)c1=O. The van der Waals surface area contributed by atoms with Gasteiger partial charge in [0.05, 0.1) is 18.1 Å². The number of unbranched alkanes of at least 4 members (excludes halogenated alkanes) is 3. The van der Waals surface area contributed by atoms with Gasteiger partial charge in [0.1, 0.15) is 21.8 Å². The largest absolute Gasteiger partial charge is 0.481 e. The normalized spacial score (nSPS) is 17.2. The molecule has 11 heteroatoms. The van der Waals surface area contributed by atoms with E-state index in [4.69, 9.17) is 22.1 Å². The summed E-state index contributed by atoms with van der Waals surface area (Å²) >= 11 is 6.68. The summed E-state index contributed by atoms with van der Waals surface area (Å²) in [7, 11) is 0. The van der Waals surface area contributed by atoms with Gasteiger partial charge in [-0.1, -0.05) is 43.7 Å². The van der Waals surface area contributed by atoms with Crippen molar-refractivity contribution in [2.45, 2.75) is 58.9 Å². The molecule has 0 unspecified atom stereocenters. The Labute approximate surface area is 220 Å². The number of thiocarbonyl (C=S) groups is 1. The number of hydrogen-bond donors (Lipinski definition) is 1. The van der Waals surface area contributed by atoms with Crippen molar-refractivity contribution in [1.82, 2.24) is 9.47 Å². The predicted octanol–water partition coefficient (Wildman–Crippen LogP) is 3.51. The lowest BCUT2D eigenvalue weighted by atomic mass is 10.0. The van der Waals surface area contributed by atoms with Crippen LogP contribution in [0.2, 0.25) is 0 Å². The molecule has 0 aromatic carbocycles. The van der Waals surface area contributed by atoms with E-state index in [0.717, 1.165) is 12.8 Å². The Morgan fingerprint density at radius 2 is 1.92 bits per heavy atom. The summed E-state index contributed by atoms with van der Waals surface area (Å²) in [5.74, 6) is -0.320. The Kier molecular flexibility index (Phi) is 10.1. The average Bonchev–Trinajstić information content (AvgIpc) is 3.12. The quantitative estimate of drug-likeness (QED) is 0.260. The topological polar surface area (TPSA) is 116 Å². The Balaban J connectivity index is 1.99. The monoisotopic (exact) mass is 532 g/mol. The summed E-state index contributed by atoms with van der Waals surface area (Å²) in [5, 5.41) is 18.6. The van der Waals surface area contributed by atoms with Gasteiger partial charge in [-0.25, -0.2) is 0 Å². The minimum Gasteiger partial charge on any atom is -0.481 e. The van der Waals surface area contributed by atoms with E-state index in [1.54, 1.807) is 22.5 Å². The maximum atomic E-state index is 13.3. The van der Waals surface area contributed by atoms with Gasteiger partial charge in [-0.05, 0) is 37.8 Å². The van der Waals surface area contributed by atoms with Crippen molar-refractivity contribution >= 4 is 52.1 Å². The van der Waals surface area contributed by atoms with Crippen LogP contribution in [0.3, 0.4) is 0 Å². The van der Waals surface area contributed by atoms with Crippen LogP contribution in [0.15, 0.2) is 9.70 Å². The van der Waals surface area contributed by atoms with Crippen LogP contribution in [0.5, 0.6) is 0 Å². The first kappa shape index (κ1) is 27.9. The van der Waals surface area contributed by atoms with Crippen LogP contribution in [0.1, 0.15) is 62.1 Å². The van der Waals surface area contributed by atoms with Gasteiger partial charge in [-0.2, -0.15) is 5.26 Å². The molecule has 3 rings (SSSR count). The number of thioether (sulfide) groups is 1. The number of morpholine rings is 1. The van der Waals surface area contributed by atoms with Crippen molar-refractivity contribution in [2.75, 3.05) is 37.7 Å². The Morgan fingerprint density at radius 1 is 1.19 bits per heavy atom. The van der Waals surface area contributed by atoms with Crippen molar-refractivity contribution in [3.8, 4) is 6.07 Å². The molecular weight excluding hydrogens is 500 g/mol. The summed E-state index contributed by atoms with van der Waals surface area (Å²) in [4.78, 5) is 41.4. The van der Waals surface area contributed by atoms with Crippen LogP contribution in [-0.2, 0) is 20.9 Å². The lowest BCUT2D eigenvalue weighted by Crippen LogP contribution is -2.41. The van der Waals surface area contributed by atoms with Gasteiger partial charge in [0.2, 0.25) is 0 Å². The molecule has 0 spiro atoms. The number of pyridine rings is 1. The molecule has 2 saturated heterocycles. The minimum atomic E-state index is -0.827. The third-order valence-electron chi connectivity index (χ3n) is 6.31. The lowest BCUT2D eigenvalue weighted by molar-refractivity contribution is -0.137. The molecule has 1 N–H and O–H groups in total. The molecule has 2 aliphatic rings. The number of rotatable bonds is 11. The maximum absolute atomic E-state index is 13.3. The molecule has 36 heavy (non-hydrogen) atoms. The van der Waals surface area contributed by atoms with Crippen molar-refractivity contribution in [2.24, 2.45) is 0 Å². The minimum absolute atomic E-state index is 0.0864. The van der Waals surface area contributed by atoms with Gasteiger partial charge in [0.25, 0.3) is 11.5 Å². The highest BCUT2D eigenvalue weighted by atomic mass is 32.2. The number of nitrogens with zero attached hydrogens (tertiary/aromatic N) is 4. The van der Waals surface area contributed by atoms with Gasteiger partial charge in [-0.3, -0.25) is 23.9 Å². The molecule has 1 aromatic rings. The third kappa shape index (κ3) is 6.35. The first-order chi connectivity index (χ1) is 17.3. The van der Waals surface area contributed by atoms with E-state index < -0.39 is 5.97 Å². The number of hydrogen-bond acceptors (Lipinski definition) is 8. The zero-order valence-electron chi connectivity index (χ0n) is 20.7. The molecule has 0 radical (unpaired) electrons. The van der Waals surface area contributed by atoms with Gasteiger partial charge in [0, 0.05) is 38.2 Å². The van der Waals surface area contributed by atoms with E-state index in [-0.39, 0.29) is 23.5 Å². The molecule has 0 bridgehead atoms. The molecule has 2 fully saturated rings. The van der Waals surface area contributed by atoms with E-state index in [1.807, 2.05) is 6.92 Å². The smallest absolute Gasteiger partial charge is 0.303 e. The second kappa shape index (κ2) is 13.0. The van der Waals surface area contributed by atoms with Crippen molar-refractivity contribution < 1.29 is 19.4 Å². The van der Waals surface area contributed by atoms with E-state index in [9.17, 15) is 19.6 Å². The first-order valence-electron chi connectivity index (χ1n) is 12.3. The number of ether oxygens (including phenoxy) is 1. The Hall–Kier alpha value is -2.68. The summed E-state index contributed by atoms with van der Waals surface area (Å²) in [6, 6.07) is 2.08. The second-order valence-electron chi connectivity index (χ2n) is 8.80. The van der Waals surface area contributed by atoms with Gasteiger partial charge >= 0.3 is 5.97 Å². The fraction of sp³-hybridized carbons (Fsp3) is 0.560. The highest BCUT2D eigenvalue weighted by Gasteiger charge is 2.33. The molecule has 0 saturated carbocycles. The highest BCUT2D eigenvalue weighted by Crippen LogP contribution is 2.36. The molecule has 2 aliphatic heterocycles. The third-order valence-corrected chi connectivity index (χ3v) is 7.69. The number of aliphatic carboxylic acids is 1. The van der Waals surface area contributed by atoms with E-state index in [0.29, 0.717) is 84.8 Å². The van der Waals surface area contributed by atoms with E-state index in [1.165, 1.54) is 11.8 Å². The zero-order chi connectivity index (χ0) is 26.2. The lowest BCUT2D eigenvalue weighted by Gasteiger charge is -2.33. The van der Waals surface area contributed by atoms with Crippen LogP contribution < -0.4 is 10.5 Å². The second-order valence-corrected chi connectivity index (χ2v) is 10.5. The molecule has 0 atom stereocenters. The number of carboxylic acid groups (broad SMARTS) is 1. The van der Waals surface area contributed by atoms with Gasteiger partial charge < -0.3 is 14.7 Å². The molecule has 1 aromatic heterocycles. The zero-order valence-corrected chi connectivity index (χ0v) is 22.4. The van der Waals surface area contributed by atoms with Crippen LogP contribution in [0, 0.1) is 18.3 Å². The predicted molar refractivity (Wildman–Crippen MR) is 144 cm³/mol. The highest BCUT2D eigenvalue weighted by molar-refractivity contribution is 8.26. The van der Waals surface area contributed by atoms with Gasteiger partial charge in [-0.15, -0.1) is 0 Å². The summed E-state index contributed by atoms with van der Waals surface area (Å²) < 4.78 is 7.65. The average molecular weight is 533 g/mol. The molecular formula is C25H32N4O5S2. The van der Waals surface area contributed by atoms with Crippen LogP contribution in [-0.4, -0.2) is 63.6 Å². The molecule has 0 aliphatic carbocycles. The number of carboxylic acids is 1. The number of carbonyl (C=O) groups excluding carboxylic acids is 1. The number of carbonyl (C=O) groups is 2. The molecule has 1 amide bonds. The summed E-state index contributed by atoms with van der Waals surface area (Å²) in [6.07, 6.45) is 5.46. The van der Waals surface area contributed by atoms with Crippen LogP contribution >= 0.6 is 24.0 Å². The summed E-state index contributed by atoms with van der Waals surface area (Å²) in [5.41, 5.74) is 1.01. The first-order valence-corrected chi connectivity index (χ1v) is 13.5.